The molecule has 0 aliphatic rings. The Morgan fingerprint density at radius 1 is 1.17 bits per heavy atom. The standard InChI is InChI=1S/C8H8N4.C4H8.C2H6N4S/c9-7-4-2-1-3-6(7)8-10-5-11-12-8;1-3-4-2;3-1(4)6-2(5)7/h1-5H,9H2,(H,10,11,12);3-4H,1-2H3;(H6,3,4,5,6,7). The number of H-pyrrole nitrogens is 1. The molecule has 0 fully saturated rings. The Labute approximate surface area is 140 Å². The maximum Gasteiger partial charge on any atom is 0.193 e. The van der Waals surface area contributed by atoms with Crippen LogP contribution in [0.4, 0.5) is 5.69 Å². The van der Waals surface area contributed by atoms with E-state index in [0.29, 0.717) is 11.5 Å². The molecule has 1 aromatic carbocycles. The molecular weight excluding hydrogens is 312 g/mol. The molecule has 9 N–H and O–H groups in total. The summed E-state index contributed by atoms with van der Waals surface area (Å²) in [6.07, 6.45) is 5.46. The van der Waals surface area contributed by atoms with Gasteiger partial charge in [-0.15, -0.1) is 0 Å². The van der Waals surface area contributed by atoms with Crippen molar-refractivity contribution in [1.82, 2.24) is 15.2 Å². The van der Waals surface area contributed by atoms with Crippen LogP contribution < -0.4 is 22.9 Å². The number of benzene rings is 1. The molecule has 0 saturated carbocycles. The van der Waals surface area contributed by atoms with Crippen LogP contribution in [0.15, 0.2) is 47.7 Å². The zero-order valence-electron chi connectivity index (χ0n) is 13.1. The van der Waals surface area contributed by atoms with Gasteiger partial charge < -0.3 is 22.9 Å². The first-order valence-corrected chi connectivity index (χ1v) is 6.99. The number of hydrogen-bond acceptors (Lipinski definition) is 4. The molecule has 0 saturated heterocycles. The van der Waals surface area contributed by atoms with E-state index in [4.69, 9.17) is 22.9 Å². The van der Waals surface area contributed by atoms with E-state index in [1.165, 1.54) is 6.33 Å². The summed E-state index contributed by atoms with van der Waals surface area (Å²) in [5.41, 5.74) is 21.9. The minimum atomic E-state index is -0.104. The van der Waals surface area contributed by atoms with Crippen molar-refractivity contribution in [3.05, 3.63) is 42.7 Å². The van der Waals surface area contributed by atoms with E-state index >= 15 is 0 Å². The maximum absolute atomic E-state index is 5.72. The van der Waals surface area contributed by atoms with E-state index in [2.05, 4.69) is 32.4 Å². The lowest BCUT2D eigenvalue weighted by Gasteiger charge is -1.99. The van der Waals surface area contributed by atoms with Crippen molar-refractivity contribution in [1.29, 1.82) is 0 Å². The molecule has 124 valence electrons. The number of nitrogen functional groups attached to an aromatic ring is 1. The Morgan fingerprint density at radius 3 is 2.13 bits per heavy atom. The quantitative estimate of drug-likeness (QED) is 0.172. The van der Waals surface area contributed by atoms with Crippen LogP contribution in [0.25, 0.3) is 11.4 Å². The number of thiocarbonyl (C=S) groups is 1. The van der Waals surface area contributed by atoms with Crippen LogP contribution in [-0.4, -0.2) is 26.3 Å². The summed E-state index contributed by atoms with van der Waals surface area (Å²) in [6.45, 7) is 4.00. The largest absolute Gasteiger partial charge is 0.398 e. The maximum atomic E-state index is 5.72. The average molecular weight is 334 g/mol. The fourth-order valence-electron chi connectivity index (χ4n) is 1.18. The number of para-hydroxylation sites is 1. The van der Waals surface area contributed by atoms with Crippen molar-refractivity contribution in [2.75, 3.05) is 5.73 Å². The lowest BCUT2D eigenvalue weighted by Crippen LogP contribution is -2.25. The molecule has 0 spiro atoms. The third kappa shape index (κ3) is 9.58. The van der Waals surface area contributed by atoms with Gasteiger partial charge in [0.25, 0.3) is 0 Å². The molecule has 9 heteroatoms. The Kier molecular flexibility index (Phi) is 10.2. The van der Waals surface area contributed by atoms with Gasteiger partial charge in [-0.2, -0.15) is 10.1 Å². The van der Waals surface area contributed by atoms with Crippen molar-refractivity contribution >= 4 is 29.0 Å². The molecule has 23 heavy (non-hydrogen) atoms. The lowest BCUT2D eigenvalue weighted by molar-refractivity contribution is 1.10. The molecule has 0 atom stereocenters. The Morgan fingerprint density at radius 2 is 1.78 bits per heavy atom. The molecule has 0 radical (unpaired) electrons. The van der Waals surface area contributed by atoms with Gasteiger partial charge in [-0.25, -0.2) is 4.98 Å². The summed E-state index contributed by atoms with van der Waals surface area (Å²) in [5.74, 6) is 0.598. The van der Waals surface area contributed by atoms with Crippen molar-refractivity contribution in [2.45, 2.75) is 13.8 Å². The summed E-state index contributed by atoms with van der Waals surface area (Å²) in [5, 5.41) is 6.46. The second kappa shape index (κ2) is 11.7. The fraction of sp³-hybridized carbons (Fsp3) is 0.143. The molecule has 0 unspecified atom stereocenters. The topological polar surface area (TPSA) is 158 Å². The smallest absolute Gasteiger partial charge is 0.193 e. The summed E-state index contributed by atoms with van der Waals surface area (Å²) in [4.78, 5) is 7.26. The molecule has 2 aromatic rings. The lowest BCUT2D eigenvalue weighted by atomic mass is 10.2. The van der Waals surface area contributed by atoms with Crippen LogP contribution in [0.2, 0.25) is 0 Å². The second-order valence-corrected chi connectivity index (χ2v) is 4.38. The number of guanidine groups is 1. The second-order valence-electron chi connectivity index (χ2n) is 3.96. The van der Waals surface area contributed by atoms with Crippen LogP contribution in [0.3, 0.4) is 0 Å². The third-order valence-corrected chi connectivity index (χ3v) is 2.29. The predicted molar refractivity (Wildman–Crippen MR) is 99.3 cm³/mol. The number of aliphatic imine (C=N–C) groups is 1. The first kappa shape index (κ1) is 20.1. The molecule has 8 nitrogen and oxygen atoms in total. The molecule has 1 aromatic heterocycles. The van der Waals surface area contributed by atoms with Gasteiger partial charge in [-0.3, -0.25) is 5.10 Å². The van der Waals surface area contributed by atoms with E-state index in [0.717, 1.165) is 5.56 Å². The predicted octanol–water partition coefficient (Wildman–Crippen LogP) is 1.14. The number of aromatic amines is 1. The number of nitrogens with two attached hydrogens (primary N) is 4. The van der Waals surface area contributed by atoms with E-state index in [-0.39, 0.29) is 11.1 Å². The highest BCUT2D eigenvalue weighted by molar-refractivity contribution is 7.80. The van der Waals surface area contributed by atoms with E-state index in [1.54, 1.807) is 0 Å². The van der Waals surface area contributed by atoms with Crippen LogP contribution in [-0.2, 0) is 0 Å². The normalized spacial score (nSPS) is 9.13. The van der Waals surface area contributed by atoms with Crippen LogP contribution in [0.1, 0.15) is 13.8 Å². The molecule has 2 rings (SSSR count). The Bertz CT molecular complexity index is 626. The Balaban J connectivity index is 0.000000377. The Hall–Kier alpha value is -2.94. The number of nitrogens with zero attached hydrogens (tertiary/aromatic N) is 3. The SMILES string of the molecule is CC=CC.NC(=S)N=C(N)N.Nc1ccccc1-c1ncn[nH]1. The van der Waals surface area contributed by atoms with Gasteiger partial charge in [0.1, 0.15) is 6.33 Å². The molecular formula is C14H22N8S. The van der Waals surface area contributed by atoms with Gasteiger partial charge in [0.2, 0.25) is 0 Å². The number of aromatic nitrogens is 3. The molecule has 0 bridgehead atoms. The summed E-state index contributed by atoms with van der Waals surface area (Å²) < 4.78 is 0. The molecule has 1 heterocycles. The molecule has 0 aliphatic carbocycles. The average Bonchev–Trinajstić information content (AvgIpc) is 3.01. The number of rotatable bonds is 1. The van der Waals surface area contributed by atoms with Crippen molar-refractivity contribution < 1.29 is 0 Å². The van der Waals surface area contributed by atoms with Crippen molar-refractivity contribution in [3.63, 3.8) is 0 Å². The van der Waals surface area contributed by atoms with Gasteiger partial charge in [0, 0.05) is 11.3 Å². The van der Waals surface area contributed by atoms with Crippen LogP contribution in [0.5, 0.6) is 0 Å². The van der Waals surface area contributed by atoms with E-state index in [9.17, 15) is 0 Å². The van der Waals surface area contributed by atoms with Crippen molar-refractivity contribution in [2.24, 2.45) is 22.2 Å². The van der Waals surface area contributed by atoms with Gasteiger partial charge in [-0.1, -0.05) is 24.3 Å². The molecule has 0 amide bonds. The van der Waals surface area contributed by atoms with Crippen LogP contribution >= 0.6 is 12.2 Å². The first-order valence-electron chi connectivity index (χ1n) is 6.59. The van der Waals surface area contributed by atoms with Gasteiger partial charge in [0.15, 0.2) is 16.9 Å². The number of anilines is 1. The van der Waals surface area contributed by atoms with Gasteiger partial charge in [0.05, 0.1) is 0 Å². The zero-order valence-corrected chi connectivity index (χ0v) is 13.9. The minimum Gasteiger partial charge on any atom is -0.398 e. The highest BCUT2D eigenvalue weighted by Gasteiger charge is 2.02. The fourth-order valence-corrected chi connectivity index (χ4v) is 1.28. The third-order valence-electron chi connectivity index (χ3n) is 2.20. The zero-order chi connectivity index (χ0) is 17.7. The van der Waals surface area contributed by atoms with Crippen LogP contribution in [0, 0.1) is 0 Å². The summed E-state index contributed by atoms with van der Waals surface area (Å²) in [7, 11) is 0. The summed E-state index contributed by atoms with van der Waals surface area (Å²) >= 11 is 4.30. The first-order chi connectivity index (χ1) is 10.9. The van der Waals surface area contributed by atoms with Crippen molar-refractivity contribution in [3.8, 4) is 11.4 Å². The summed E-state index contributed by atoms with van der Waals surface area (Å²) in [6, 6.07) is 7.52. The number of allylic oxidation sites excluding steroid dienone is 2. The van der Waals surface area contributed by atoms with Gasteiger partial charge in [-0.05, 0) is 38.2 Å². The highest BCUT2D eigenvalue weighted by Crippen LogP contribution is 2.20. The van der Waals surface area contributed by atoms with E-state index < -0.39 is 0 Å². The number of hydrogen-bond donors (Lipinski definition) is 5. The van der Waals surface area contributed by atoms with E-state index in [1.807, 2.05) is 50.3 Å². The monoisotopic (exact) mass is 334 g/mol. The molecule has 0 aliphatic heterocycles. The highest BCUT2D eigenvalue weighted by atomic mass is 32.1. The minimum absolute atomic E-state index is 0.0417. The number of nitrogens with one attached hydrogen (secondary N) is 1. The van der Waals surface area contributed by atoms with Gasteiger partial charge >= 0.3 is 0 Å².